The minimum atomic E-state index is -1.31. The molecule has 0 rings (SSSR count). The first-order chi connectivity index (χ1) is 5.47. The Kier molecular flexibility index (Phi) is 4.19. The van der Waals surface area contributed by atoms with E-state index in [-0.39, 0.29) is 0 Å². The summed E-state index contributed by atoms with van der Waals surface area (Å²) in [6.07, 6.45) is 3.59. The number of nitrogens with one attached hydrogen (secondary N) is 1. The first-order valence-corrected chi connectivity index (χ1v) is 4.10. The van der Waals surface area contributed by atoms with E-state index in [4.69, 9.17) is 17.2 Å². The molecule has 0 aromatic heterocycles. The average Bonchev–Trinajstić information content (AvgIpc) is 1.97. The van der Waals surface area contributed by atoms with Crippen molar-refractivity contribution in [1.29, 1.82) is 0 Å². The van der Waals surface area contributed by atoms with Crippen molar-refractivity contribution in [1.82, 2.24) is 4.98 Å². The quantitative estimate of drug-likeness (QED) is 0.258. The van der Waals surface area contributed by atoms with Gasteiger partial charge in [0.15, 0.2) is 10.4 Å². The third-order valence-corrected chi connectivity index (χ3v) is 1.74. The van der Waals surface area contributed by atoms with Crippen LogP contribution in [0.1, 0.15) is 13.8 Å². The lowest BCUT2D eigenvalue weighted by Crippen LogP contribution is -2.60. The van der Waals surface area contributed by atoms with Crippen LogP contribution >= 0.6 is 0 Å². The number of hydrogen-bond donors (Lipinski definition) is 4. The lowest BCUT2D eigenvalue weighted by molar-refractivity contribution is 0.547. The van der Waals surface area contributed by atoms with Crippen LogP contribution in [0.25, 0.3) is 0 Å². The zero-order chi connectivity index (χ0) is 9.78. The van der Waals surface area contributed by atoms with Crippen molar-refractivity contribution < 1.29 is 0 Å². The van der Waals surface area contributed by atoms with Gasteiger partial charge in [-0.15, -0.1) is 0 Å². The highest BCUT2D eigenvalue weighted by Gasteiger charge is 2.20. The van der Waals surface area contributed by atoms with Gasteiger partial charge in [0.1, 0.15) is 5.79 Å². The van der Waals surface area contributed by atoms with Gasteiger partial charge in [0.05, 0.1) is 0 Å². The van der Waals surface area contributed by atoms with E-state index < -0.39 is 5.79 Å². The maximum Gasteiger partial charge on any atom is 0.186 e. The Hall–Kier alpha value is -0.623. The fraction of sp³-hybridized carbons (Fsp3) is 0.429. The predicted molar refractivity (Wildman–Crippen MR) is 51.7 cm³/mol. The molecule has 7 N–H and O–H groups in total. The fourth-order valence-electron chi connectivity index (χ4n) is 0.934. The summed E-state index contributed by atoms with van der Waals surface area (Å²) in [4.78, 5) is 2.77. The SMILES string of the molecule is CC=C(N[Si])C(=CC)C(N)(N)N. The van der Waals surface area contributed by atoms with Crippen LogP contribution < -0.4 is 22.2 Å². The van der Waals surface area contributed by atoms with Crippen LogP contribution in [0.4, 0.5) is 0 Å². The van der Waals surface area contributed by atoms with Crippen molar-refractivity contribution in [2.45, 2.75) is 19.6 Å². The predicted octanol–water partition coefficient (Wildman–Crippen LogP) is -0.960. The standard InChI is InChI=1S/C7H15N4Si/c1-3-5(7(8,9)10)6(4-2)11-12/h3-4,11H,8-10H2,1-2H3. The lowest BCUT2D eigenvalue weighted by atomic mass is 10.1. The Balaban J connectivity index is 4.82. The zero-order valence-electron chi connectivity index (χ0n) is 7.39. The molecule has 0 atom stereocenters. The maximum atomic E-state index is 5.53. The summed E-state index contributed by atoms with van der Waals surface area (Å²) >= 11 is 0. The molecule has 12 heavy (non-hydrogen) atoms. The molecule has 0 saturated heterocycles. The van der Waals surface area contributed by atoms with Crippen molar-refractivity contribution in [3.8, 4) is 0 Å². The van der Waals surface area contributed by atoms with Gasteiger partial charge in [-0.1, -0.05) is 12.2 Å². The highest BCUT2D eigenvalue weighted by molar-refractivity contribution is 6.06. The van der Waals surface area contributed by atoms with Gasteiger partial charge >= 0.3 is 0 Å². The van der Waals surface area contributed by atoms with Crippen molar-refractivity contribution in [2.24, 2.45) is 17.2 Å². The van der Waals surface area contributed by atoms with Crippen LogP contribution in [0.3, 0.4) is 0 Å². The molecular formula is C7H15N4Si. The van der Waals surface area contributed by atoms with Crippen LogP contribution in [0.15, 0.2) is 23.4 Å². The van der Waals surface area contributed by atoms with Gasteiger partial charge in [0.2, 0.25) is 0 Å². The van der Waals surface area contributed by atoms with Crippen molar-refractivity contribution in [3.63, 3.8) is 0 Å². The topological polar surface area (TPSA) is 90.1 Å². The van der Waals surface area contributed by atoms with E-state index in [0.29, 0.717) is 5.57 Å². The van der Waals surface area contributed by atoms with E-state index in [1.807, 2.05) is 19.9 Å². The molecule has 0 aromatic rings. The van der Waals surface area contributed by atoms with Crippen LogP contribution in [0.5, 0.6) is 0 Å². The zero-order valence-corrected chi connectivity index (χ0v) is 8.39. The van der Waals surface area contributed by atoms with Crippen molar-refractivity contribution in [3.05, 3.63) is 23.4 Å². The van der Waals surface area contributed by atoms with Gasteiger partial charge in [-0.2, -0.15) is 0 Å². The largest absolute Gasteiger partial charge is 0.412 e. The van der Waals surface area contributed by atoms with E-state index in [0.717, 1.165) is 5.70 Å². The third kappa shape index (κ3) is 2.78. The summed E-state index contributed by atoms with van der Waals surface area (Å²) in [5, 5.41) is 0. The van der Waals surface area contributed by atoms with E-state index >= 15 is 0 Å². The van der Waals surface area contributed by atoms with Crippen LogP contribution in [0.2, 0.25) is 0 Å². The Morgan fingerprint density at radius 1 is 1.25 bits per heavy atom. The van der Waals surface area contributed by atoms with Gasteiger partial charge in [-0.25, -0.2) is 0 Å². The highest BCUT2D eigenvalue weighted by atomic mass is 28.2. The first kappa shape index (κ1) is 11.4. The summed E-state index contributed by atoms with van der Waals surface area (Å²) in [5.74, 6) is -1.31. The van der Waals surface area contributed by atoms with Gasteiger partial charge in [0, 0.05) is 11.3 Å². The molecule has 0 aromatic carbocycles. The number of hydrogen-bond acceptors (Lipinski definition) is 4. The molecule has 0 spiro atoms. The minimum Gasteiger partial charge on any atom is -0.412 e. The molecular weight excluding hydrogens is 168 g/mol. The number of allylic oxidation sites excluding steroid dienone is 2. The second kappa shape index (κ2) is 4.41. The van der Waals surface area contributed by atoms with Gasteiger partial charge < -0.3 is 4.98 Å². The molecule has 0 bridgehead atoms. The second-order valence-corrected chi connectivity index (χ2v) is 2.71. The Bertz CT molecular complexity index is 202. The normalized spacial score (nSPS) is 14.8. The lowest BCUT2D eigenvalue weighted by Gasteiger charge is -2.24. The summed E-state index contributed by atoms with van der Waals surface area (Å²) in [5.41, 5.74) is 18.0. The van der Waals surface area contributed by atoms with Crippen LogP contribution in [-0.2, 0) is 0 Å². The molecule has 0 fully saturated rings. The average molecular weight is 183 g/mol. The smallest absolute Gasteiger partial charge is 0.186 e. The molecule has 0 aliphatic carbocycles. The van der Waals surface area contributed by atoms with Crippen LogP contribution in [0, 0.1) is 0 Å². The number of rotatable bonds is 3. The van der Waals surface area contributed by atoms with E-state index in [1.165, 1.54) is 0 Å². The number of nitrogens with two attached hydrogens (primary N) is 3. The van der Waals surface area contributed by atoms with E-state index in [9.17, 15) is 0 Å². The minimum absolute atomic E-state index is 0.653. The molecule has 0 aliphatic rings. The Morgan fingerprint density at radius 2 is 1.75 bits per heavy atom. The van der Waals surface area contributed by atoms with Gasteiger partial charge in [0.25, 0.3) is 0 Å². The second-order valence-electron chi connectivity index (χ2n) is 2.46. The monoisotopic (exact) mass is 183 g/mol. The van der Waals surface area contributed by atoms with Crippen molar-refractivity contribution >= 4 is 10.4 Å². The first-order valence-electron chi connectivity index (χ1n) is 3.60. The summed E-state index contributed by atoms with van der Waals surface area (Å²) in [6, 6.07) is 0. The molecule has 0 aliphatic heterocycles. The van der Waals surface area contributed by atoms with E-state index in [1.54, 1.807) is 6.08 Å². The molecule has 5 heteroatoms. The molecule has 0 saturated carbocycles. The molecule has 0 amide bonds. The Labute approximate surface area is 76.4 Å². The highest BCUT2D eigenvalue weighted by Crippen LogP contribution is 2.10. The van der Waals surface area contributed by atoms with Gasteiger partial charge in [-0.05, 0) is 13.8 Å². The summed E-state index contributed by atoms with van der Waals surface area (Å²) in [6.45, 7) is 3.68. The van der Waals surface area contributed by atoms with Crippen molar-refractivity contribution in [2.75, 3.05) is 0 Å². The fourth-order valence-corrected chi connectivity index (χ4v) is 1.21. The summed E-state index contributed by atoms with van der Waals surface area (Å²) < 4.78 is 0. The molecule has 0 unspecified atom stereocenters. The maximum absolute atomic E-state index is 5.53. The summed E-state index contributed by atoms with van der Waals surface area (Å²) in [7, 11) is 3.13. The van der Waals surface area contributed by atoms with Crippen LogP contribution in [-0.4, -0.2) is 16.2 Å². The molecule has 4 nitrogen and oxygen atoms in total. The Morgan fingerprint density at radius 3 is 1.83 bits per heavy atom. The molecule has 67 valence electrons. The van der Waals surface area contributed by atoms with Gasteiger partial charge in [-0.3, -0.25) is 17.2 Å². The molecule has 3 radical (unpaired) electrons. The molecule has 0 heterocycles. The van der Waals surface area contributed by atoms with E-state index in [2.05, 4.69) is 15.4 Å². The third-order valence-electron chi connectivity index (χ3n) is 1.47.